The number of aromatic nitrogens is 2. The minimum absolute atomic E-state index is 0.148. The number of para-hydroxylation sites is 1. The van der Waals surface area contributed by atoms with E-state index in [1.165, 1.54) is 16.3 Å². The van der Waals surface area contributed by atoms with E-state index in [0.717, 1.165) is 38.4 Å². The maximum atomic E-state index is 14.3. The van der Waals surface area contributed by atoms with Gasteiger partial charge in [0.25, 0.3) is 5.56 Å². The molecule has 0 saturated carbocycles. The summed E-state index contributed by atoms with van der Waals surface area (Å²) in [5, 5.41) is 14.6. The van der Waals surface area contributed by atoms with Gasteiger partial charge < -0.3 is 14.7 Å². The van der Waals surface area contributed by atoms with Gasteiger partial charge in [0, 0.05) is 31.9 Å². The Hall–Kier alpha value is -3.20. The third kappa shape index (κ3) is 4.25. The van der Waals surface area contributed by atoms with Crippen molar-refractivity contribution in [3.8, 4) is 5.69 Å². The molecule has 172 valence electrons. The molecule has 33 heavy (non-hydrogen) atoms. The number of hydrogen-bond acceptors (Lipinski definition) is 5. The van der Waals surface area contributed by atoms with Gasteiger partial charge >= 0.3 is 0 Å². The van der Waals surface area contributed by atoms with Crippen molar-refractivity contribution in [2.75, 3.05) is 26.3 Å². The Morgan fingerprint density at radius 1 is 1.06 bits per heavy atom. The fraction of sp³-hybridized carbons (Fsp3) is 0.320. The highest BCUT2D eigenvalue weighted by molar-refractivity contribution is 5.49. The van der Waals surface area contributed by atoms with Crippen molar-refractivity contribution in [3.05, 3.63) is 86.4 Å². The van der Waals surface area contributed by atoms with Gasteiger partial charge in [0.1, 0.15) is 17.7 Å². The zero-order valence-corrected chi connectivity index (χ0v) is 18.5. The molecule has 0 amide bonds. The van der Waals surface area contributed by atoms with E-state index in [-0.39, 0.29) is 11.2 Å². The van der Waals surface area contributed by atoms with Gasteiger partial charge in [-0.1, -0.05) is 36.4 Å². The van der Waals surface area contributed by atoms with Crippen molar-refractivity contribution in [2.24, 2.45) is 0 Å². The summed E-state index contributed by atoms with van der Waals surface area (Å²) >= 11 is 0. The SMILES string of the molecule is CC1=c2c([nH]n(-c3ccccc3F)c2=O)=CC(O)N1Cc1ccc(CN2CCOCC2)cc1. The smallest absolute Gasteiger partial charge is 0.280 e. The van der Waals surface area contributed by atoms with Gasteiger partial charge in [0.15, 0.2) is 0 Å². The van der Waals surface area contributed by atoms with Crippen molar-refractivity contribution in [3.63, 3.8) is 0 Å². The van der Waals surface area contributed by atoms with Crippen LogP contribution in [0.3, 0.4) is 0 Å². The predicted molar refractivity (Wildman–Crippen MR) is 123 cm³/mol. The molecule has 1 fully saturated rings. The molecule has 1 aromatic heterocycles. The van der Waals surface area contributed by atoms with Crippen LogP contribution in [-0.4, -0.2) is 57.2 Å². The van der Waals surface area contributed by atoms with E-state index >= 15 is 0 Å². The number of fused-ring (bicyclic) bond motifs is 1. The van der Waals surface area contributed by atoms with Gasteiger partial charge in [0.2, 0.25) is 0 Å². The Bertz CT molecular complexity index is 1320. The van der Waals surface area contributed by atoms with Gasteiger partial charge in [-0.3, -0.25) is 14.8 Å². The molecule has 1 atom stereocenters. The van der Waals surface area contributed by atoms with Crippen LogP contribution in [0.4, 0.5) is 4.39 Å². The van der Waals surface area contributed by atoms with E-state index < -0.39 is 12.0 Å². The molecule has 8 heteroatoms. The van der Waals surface area contributed by atoms with E-state index in [1.807, 2.05) is 6.92 Å². The average molecular weight is 451 g/mol. The predicted octanol–water partition coefficient (Wildman–Crippen LogP) is 0.880. The standard InChI is InChI=1S/C25H27FN4O3/c1-17-24-21(27-30(25(24)32)22-5-3-2-4-20(22)26)14-23(31)29(17)16-19-8-6-18(7-9-19)15-28-10-12-33-13-11-28/h2-9,14,23,27,31H,10-13,15-16H2,1H3. The first-order valence-electron chi connectivity index (χ1n) is 11.1. The van der Waals surface area contributed by atoms with Crippen LogP contribution < -0.4 is 16.1 Å². The van der Waals surface area contributed by atoms with Gasteiger partial charge in [-0.25, -0.2) is 9.07 Å². The monoisotopic (exact) mass is 450 g/mol. The molecule has 5 rings (SSSR count). The highest BCUT2D eigenvalue weighted by Gasteiger charge is 2.23. The Morgan fingerprint density at radius 2 is 1.73 bits per heavy atom. The fourth-order valence-corrected chi connectivity index (χ4v) is 4.48. The van der Waals surface area contributed by atoms with E-state index in [0.29, 0.717) is 22.8 Å². The molecule has 2 aliphatic rings. The number of aliphatic hydroxyl groups is 1. The number of H-pyrrole nitrogens is 1. The highest BCUT2D eigenvalue weighted by atomic mass is 19.1. The highest BCUT2D eigenvalue weighted by Crippen LogP contribution is 2.17. The maximum absolute atomic E-state index is 14.3. The van der Waals surface area contributed by atoms with E-state index in [9.17, 15) is 14.3 Å². The lowest BCUT2D eigenvalue weighted by Crippen LogP contribution is -2.48. The largest absolute Gasteiger partial charge is 0.379 e. The van der Waals surface area contributed by atoms with Crippen molar-refractivity contribution >= 4 is 11.8 Å². The van der Waals surface area contributed by atoms with E-state index in [2.05, 4.69) is 34.3 Å². The molecule has 1 saturated heterocycles. The first kappa shape index (κ1) is 21.6. The average Bonchev–Trinajstić information content (AvgIpc) is 3.14. The van der Waals surface area contributed by atoms with Crippen molar-refractivity contribution < 1.29 is 14.2 Å². The van der Waals surface area contributed by atoms with Gasteiger partial charge in [-0.15, -0.1) is 0 Å². The quantitative estimate of drug-likeness (QED) is 0.604. The molecule has 0 spiro atoms. The Kier molecular flexibility index (Phi) is 5.88. The first-order valence-corrected chi connectivity index (χ1v) is 11.1. The molecule has 0 radical (unpaired) electrons. The molecular weight excluding hydrogens is 423 g/mol. The molecule has 2 N–H and O–H groups in total. The van der Waals surface area contributed by atoms with Crippen LogP contribution in [0, 0.1) is 5.82 Å². The number of nitrogens with one attached hydrogen (secondary N) is 1. The van der Waals surface area contributed by atoms with Gasteiger partial charge in [-0.2, -0.15) is 0 Å². The van der Waals surface area contributed by atoms with E-state index in [4.69, 9.17) is 4.74 Å². The molecule has 2 aromatic carbocycles. The zero-order valence-electron chi connectivity index (χ0n) is 18.5. The van der Waals surface area contributed by atoms with Crippen LogP contribution in [0.5, 0.6) is 0 Å². The number of rotatable bonds is 5. The summed E-state index contributed by atoms with van der Waals surface area (Å²) in [7, 11) is 0. The normalized spacial score (nSPS) is 18.8. The maximum Gasteiger partial charge on any atom is 0.280 e. The number of aliphatic hydroxyl groups excluding tert-OH is 1. The fourth-order valence-electron chi connectivity index (χ4n) is 4.48. The van der Waals surface area contributed by atoms with E-state index in [1.54, 1.807) is 29.2 Å². The molecule has 7 nitrogen and oxygen atoms in total. The second-order valence-corrected chi connectivity index (χ2v) is 8.49. The summed E-state index contributed by atoms with van der Waals surface area (Å²) in [6.45, 7) is 6.57. The second-order valence-electron chi connectivity index (χ2n) is 8.49. The molecule has 3 aromatic rings. The number of nitrogens with zero attached hydrogens (tertiary/aromatic N) is 3. The topological polar surface area (TPSA) is 73.7 Å². The van der Waals surface area contributed by atoms with Crippen LogP contribution in [0.2, 0.25) is 0 Å². The lowest BCUT2D eigenvalue weighted by Gasteiger charge is -2.30. The molecule has 3 heterocycles. The van der Waals surface area contributed by atoms with Crippen molar-refractivity contribution in [2.45, 2.75) is 26.2 Å². The minimum atomic E-state index is -0.905. The number of halogens is 1. The first-order chi connectivity index (χ1) is 16.0. The number of ether oxygens (including phenoxy) is 1. The van der Waals surface area contributed by atoms with Crippen LogP contribution in [0.15, 0.2) is 53.3 Å². The lowest BCUT2D eigenvalue weighted by atomic mass is 10.1. The number of hydrogen-bond donors (Lipinski definition) is 2. The Balaban J connectivity index is 1.41. The molecule has 0 bridgehead atoms. The lowest BCUT2D eigenvalue weighted by molar-refractivity contribution is 0.0342. The number of aromatic amines is 1. The molecule has 2 aliphatic heterocycles. The summed E-state index contributed by atoms with van der Waals surface area (Å²) in [6.07, 6.45) is 0.686. The van der Waals surface area contributed by atoms with Crippen molar-refractivity contribution in [1.82, 2.24) is 19.6 Å². The second kappa shape index (κ2) is 8.97. The summed E-state index contributed by atoms with van der Waals surface area (Å²) in [5.74, 6) is -0.495. The Labute approximate surface area is 190 Å². The summed E-state index contributed by atoms with van der Waals surface area (Å²) in [5.41, 5.74) is 2.71. The summed E-state index contributed by atoms with van der Waals surface area (Å²) < 4.78 is 20.9. The van der Waals surface area contributed by atoms with Crippen molar-refractivity contribution in [1.29, 1.82) is 0 Å². The van der Waals surface area contributed by atoms with Crippen LogP contribution in [-0.2, 0) is 17.8 Å². The third-order valence-corrected chi connectivity index (χ3v) is 6.33. The van der Waals surface area contributed by atoms with Crippen LogP contribution >= 0.6 is 0 Å². The summed E-state index contributed by atoms with van der Waals surface area (Å²) in [4.78, 5) is 17.3. The molecular formula is C25H27FN4O3. The van der Waals surface area contributed by atoms with Crippen LogP contribution in [0.25, 0.3) is 17.5 Å². The Morgan fingerprint density at radius 3 is 2.42 bits per heavy atom. The number of morpholine rings is 1. The summed E-state index contributed by atoms with van der Waals surface area (Å²) in [6, 6.07) is 14.4. The van der Waals surface area contributed by atoms with Gasteiger partial charge in [0.05, 0.1) is 23.8 Å². The third-order valence-electron chi connectivity index (χ3n) is 6.33. The molecule has 1 unspecified atom stereocenters. The zero-order chi connectivity index (χ0) is 22.9. The minimum Gasteiger partial charge on any atom is -0.379 e. The van der Waals surface area contributed by atoms with Crippen LogP contribution in [0.1, 0.15) is 18.1 Å². The molecule has 0 aliphatic carbocycles. The number of benzene rings is 2. The van der Waals surface area contributed by atoms with Gasteiger partial charge in [-0.05, 0) is 36.3 Å².